The van der Waals surface area contributed by atoms with Crippen LogP contribution in [0.1, 0.15) is 24.0 Å². The third-order valence-corrected chi connectivity index (χ3v) is 5.09. The van der Waals surface area contributed by atoms with Gasteiger partial charge < -0.3 is 24.7 Å². The second-order valence-electron chi connectivity index (χ2n) is 7.35. The van der Waals surface area contributed by atoms with Crippen molar-refractivity contribution in [2.24, 2.45) is 5.73 Å². The number of esters is 1. The number of nitriles is 1. The van der Waals surface area contributed by atoms with E-state index in [0.717, 1.165) is 5.56 Å². The molecular formula is C26H21FN2O5. The van der Waals surface area contributed by atoms with Crippen LogP contribution in [0.3, 0.4) is 0 Å². The zero-order valence-electron chi connectivity index (χ0n) is 18.3. The zero-order valence-corrected chi connectivity index (χ0v) is 18.3. The number of fused-ring (bicyclic) bond motifs is 1. The average molecular weight is 460 g/mol. The number of ether oxygens (including phenoxy) is 4. The molecule has 1 aliphatic heterocycles. The summed E-state index contributed by atoms with van der Waals surface area (Å²) < 4.78 is 34.9. The quantitative estimate of drug-likeness (QED) is 0.411. The van der Waals surface area contributed by atoms with Gasteiger partial charge in [-0.05, 0) is 55.0 Å². The molecule has 0 saturated heterocycles. The molecular weight excluding hydrogens is 439 g/mol. The fraction of sp³-hybridized carbons (Fsp3) is 0.154. The molecule has 1 atom stereocenters. The van der Waals surface area contributed by atoms with E-state index in [-0.39, 0.29) is 23.8 Å². The fourth-order valence-electron chi connectivity index (χ4n) is 3.63. The van der Waals surface area contributed by atoms with Crippen molar-refractivity contribution in [1.82, 2.24) is 0 Å². The molecule has 3 aromatic rings. The lowest BCUT2D eigenvalue weighted by molar-refractivity contribution is -0.136. The van der Waals surface area contributed by atoms with Gasteiger partial charge in [-0.1, -0.05) is 18.2 Å². The van der Waals surface area contributed by atoms with Crippen LogP contribution < -0.4 is 24.7 Å². The van der Waals surface area contributed by atoms with Gasteiger partial charge in [0.1, 0.15) is 40.5 Å². The van der Waals surface area contributed by atoms with Gasteiger partial charge in [0.15, 0.2) is 6.61 Å². The first-order chi connectivity index (χ1) is 16.5. The largest absolute Gasteiger partial charge is 0.494 e. The van der Waals surface area contributed by atoms with Crippen molar-refractivity contribution in [2.45, 2.75) is 12.8 Å². The van der Waals surface area contributed by atoms with Crippen LogP contribution in [0.2, 0.25) is 0 Å². The molecule has 0 radical (unpaired) electrons. The van der Waals surface area contributed by atoms with E-state index in [2.05, 4.69) is 6.07 Å². The normalized spacial score (nSPS) is 14.4. The standard InChI is InChI=1S/C26H21FN2O5/c1-2-31-19-5-3-4-16(12-19)25-21-11-10-20(13-23(21)34-26(29)22(25)14-28)33-24(30)15-32-18-8-6-17(27)7-9-18/h3-13,25H,2,15,29H2,1H3. The number of halogens is 1. The molecule has 3 aromatic carbocycles. The smallest absolute Gasteiger partial charge is 0.349 e. The number of nitrogens with zero attached hydrogens (tertiary/aromatic N) is 1. The van der Waals surface area contributed by atoms with Crippen LogP contribution >= 0.6 is 0 Å². The first kappa shape index (κ1) is 22.7. The first-order valence-corrected chi connectivity index (χ1v) is 10.5. The highest BCUT2D eigenvalue weighted by Crippen LogP contribution is 2.44. The second kappa shape index (κ2) is 9.96. The minimum absolute atomic E-state index is 0.0232. The maximum Gasteiger partial charge on any atom is 0.349 e. The van der Waals surface area contributed by atoms with Crippen LogP contribution in [0.5, 0.6) is 23.0 Å². The Labute approximate surface area is 195 Å². The van der Waals surface area contributed by atoms with Gasteiger partial charge in [-0.3, -0.25) is 0 Å². The maximum absolute atomic E-state index is 13.0. The van der Waals surface area contributed by atoms with Crippen molar-refractivity contribution < 1.29 is 28.1 Å². The van der Waals surface area contributed by atoms with Gasteiger partial charge in [-0.25, -0.2) is 9.18 Å². The van der Waals surface area contributed by atoms with Crippen LogP contribution in [0.4, 0.5) is 4.39 Å². The summed E-state index contributed by atoms with van der Waals surface area (Å²) in [6, 6.07) is 19.7. The molecule has 8 heteroatoms. The number of carbonyl (C=O) groups is 1. The molecule has 0 aromatic heterocycles. The van der Waals surface area contributed by atoms with E-state index in [9.17, 15) is 14.4 Å². The van der Waals surface area contributed by atoms with Crippen LogP contribution in [0.15, 0.2) is 78.2 Å². The minimum Gasteiger partial charge on any atom is -0.494 e. The highest BCUT2D eigenvalue weighted by Gasteiger charge is 2.31. The van der Waals surface area contributed by atoms with E-state index in [0.29, 0.717) is 29.4 Å². The van der Waals surface area contributed by atoms with Gasteiger partial charge in [0.2, 0.25) is 5.88 Å². The summed E-state index contributed by atoms with van der Waals surface area (Å²) in [7, 11) is 0. The van der Waals surface area contributed by atoms with Gasteiger partial charge >= 0.3 is 5.97 Å². The first-order valence-electron chi connectivity index (χ1n) is 10.5. The van der Waals surface area contributed by atoms with E-state index >= 15 is 0 Å². The molecule has 1 aliphatic rings. The summed E-state index contributed by atoms with van der Waals surface area (Å²) in [6.07, 6.45) is 0. The summed E-state index contributed by atoms with van der Waals surface area (Å²) in [5.74, 6) is 0.0593. The molecule has 2 N–H and O–H groups in total. The van der Waals surface area contributed by atoms with Crippen molar-refractivity contribution in [2.75, 3.05) is 13.2 Å². The Hall–Kier alpha value is -4.51. The third-order valence-electron chi connectivity index (χ3n) is 5.09. The Morgan fingerprint density at radius 3 is 2.56 bits per heavy atom. The topological polar surface area (TPSA) is 104 Å². The molecule has 7 nitrogen and oxygen atoms in total. The minimum atomic E-state index is -0.651. The molecule has 172 valence electrons. The summed E-state index contributed by atoms with van der Waals surface area (Å²) in [6.45, 7) is 2.04. The predicted molar refractivity (Wildman–Crippen MR) is 121 cm³/mol. The van der Waals surface area contributed by atoms with Gasteiger partial charge in [-0.15, -0.1) is 0 Å². The van der Waals surface area contributed by atoms with Crippen LogP contribution in [-0.2, 0) is 4.79 Å². The van der Waals surface area contributed by atoms with Crippen LogP contribution in [0, 0.1) is 17.1 Å². The molecule has 34 heavy (non-hydrogen) atoms. The van der Waals surface area contributed by atoms with E-state index in [1.165, 1.54) is 30.3 Å². The van der Waals surface area contributed by atoms with Crippen molar-refractivity contribution >= 4 is 5.97 Å². The molecule has 0 saturated carbocycles. The Morgan fingerprint density at radius 2 is 1.82 bits per heavy atom. The third kappa shape index (κ3) is 4.94. The average Bonchev–Trinajstić information content (AvgIpc) is 2.83. The molecule has 0 bridgehead atoms. The van der Waals surface area contributed by atoms with Gasteiger partial charge in [0, 0.05) is 11.6 Å². The Morgan fingerprint density at radius 1 is 1.06 bits per heavy atom. The predicted octanol–water partition coefficient (Wildman–Crippen LogP) is 4.43. The lowest BCUT2D eigenvalue weighted by Gasteiger charge is -2.27. The summed E-state index contributed by atoms with van der Waals surface area (Å²) in [4.78, 5) is 12.2. The number of hydrogen-bond donors (Lipinski definition) is 1. The van der Waals surface area contributed by atoms with Crippen molar-refractivity contribution in [3.8, 4) is 29.1 Å². The fourth-order valence-corrected chi connectivity index (χ4v) is 3.63. The molecule has 0 fully saturated rings. The summed E-state index contributed by atoms with van der Waals surface area (Å²) in [5.41, 5.74) is 7.84. The molecule has 4 rings (SSSR count). The van der Waals surface area contributed by atoms with Crippen LogP contribution in [0.25, 0.3) is 0 Å². The van der Waals surface area contributed by atoms with E-state index in [1.54, 1.807) is 12.1 Å². The molecule has 1 unspecified atom stereocenters. The number of hydrogen-bond acceptors (Lipinski definition) is 7. The Bertz CT molecular complexity index is 1280. The number of allylic oxidation sites excluding steroid dienone is 1. The number of rotatable bonds is 7. The van der Waals surface area contributed by atoms with Gasteiger partial charge in [-0.2, -0.15) is 5.26 Å². The van der Waals surface area contributed by atoms with Gasteiger partial charge in [0.05, 0.1) is 12.5 Å². The molecule has 0 spiro atoms. The van der Waals surface area contributed by atoms with Gasteiger partial charge in [0.25, 0.3) is 0 Å². The monoisotopic (exact) mass is 460 g/mol. The maximum atomic E-state index is 13.0. The van der Waals surface area contributed by atoms with Crippen molar-refractivity contribution in [3.63, 3.8) is 0 Å². The Balaban J connectivity index is 1.55. The van der Waals surface area contributed by atoms with Crippen molar-refractivity contribution in [3.05, 3.63) is 95.1 Å². The SMILES string of the molecule is CCOc1cccc(C2C(C#N)=C(N)Oc3cc(OC(=O)COc4ccc(F)cc4)ccc32)c1. The van der Waals surface area contributed by atoms with E-state index in [4.69, 9.17) is 24.7 Å². The number of nitrogens with two attached hydrogens (primary N) is 1. The lowest BCUT2D eigenvalue weighted by atomic mass is 9.83. The van der Waals surface area contributed by atoms with E-state index in [1.807, 2.05) is 31.2 Å². The highest BCUT2D eigenvalue weighted by molar-refractivity contribution is 5.74. The van der Waals surface area contributed by atoms with E-state index < -0.39 is 17.7 Å². The Kier molecular flexibility index (Phi) is 6.64. The highest BCUT2D eigenvalue weighted by atomic mass is 19.1. The lowest BCUT2D eigenvalue weighted by Crippen LogP contribution is -2.21. The van der Waals surface area contributed by atoms with Crippen LogP contribution in [-0.4, -0.2) is 19.2 Å². The number of benzene rings is 3. The molecule has 0 amide bonds. The summed E-state index contributed by atoms with van der Waals surface area (Å²) in [5, 5.41) is 9.73. The molecule has 1 heterocycles. The summed E-state index contributed by atoms with van der Waals surface area (Å²) >= 11 is 0. The van der Waals surface area contributed by atoms with Crippen molar-refractivity contribution in [1.29, 1.82) is 5.26 Å². The molecule has 0 aliphatic carbocycles. The number of carbonyl (C=O) groups excluding carboxylic acids is 1. The zero-order chi connectivity index (χ0) is 24.1. The second-order valence-corrected chi connectivity index (χ2v) is 7.35.